The quantitative estimate of drug-likeness (QED) is 0.171. The number of rotatable bonds is 11. The average Bonchev–Trinajstić information content (AvgIpc) is 3.49. The van der Waals surface area contributed by atoms with E-state index in [-0.39, 0.29) is 6.04 Å². The molecule has 11 nitrogen and oxygen atoms in total. The molecule has 2 aromatic heterocycles. The van der Waals surface area contributed by atoms with Gasteiger partial charge in [0.25, 0.3) is 0 Å². The van der Waals surface area contributed by atoms with Crippen LogP contribution in [0.3, 0.4) is 0 Å². The summed E-state index contributed by atoms with van der Waals surface area (Å²) in [6.45, 7) is 11.0. The van der Waals surface area contributed by atoms with Gasteiger partial charge in [0.05, 0.1) is 25.6 Å². The number of nitrogens with zero attached hydrogens (tertiary/aromatic N) is 6. The van der Waals surface area contributed by atoms with E-state index >= 15 is 0 Å². The first-order chi connectivity index (χ1) is 21.2. The predicted molar refractivity (Wildman–Crippen MR) is 169 cm³/mol. The maximum atomic E-state index is 8.26. The molecular weight excluding hydrogens is 542 g/mol. The third-order valence-corrected chi connectivity index (χ3v) is 7.94. The summed E-state index contributed by atoms with van der Waals surface area (Å²) in [5, 5.41) is 15.1. The number of piperidine rings is 1. The summed E-state index contributed by atoms with van der Waals surface area (Å²) < 4.78 is 13.5. The first kappa shape index (κ1) is 28.6. The molecule has 0 spiro atoms. The van der Waals surface area contributed by atoms with E-state index in [1.807, 2.05) is 48.8 Å². The highest BCUT2D eigenvalue weighted by Crippen LogP contribution is 2.29. The van der Waals surface area contributed by atoms with Crippen LogP contribution in [0, 0.1) is 5.41 Å². The summed E-state index contributed by atoms with van der Waals surface area (Å²) in [5.74, 6) is 2.43. The second-order valence-corrected chi connectivity index (χ2v) is 10.8. The van der Waals surface area contributed by atoms with Crippen molar-refractivity contribution >= 4 is 34.5 Å². The third kappa shape index (κ3) is 7.12. The Bertz CT molecular complexity index is 1520. The molecule has 3 N–H and O–H groups in total. The number of amidine groups is 1. The number of imidazole rings is 1. The summed E-state index contributed by atoms with van der Waals surface area (Å²) >= 11 is 0. The zero-order valence-electron chi connectivity index (χ0n) is 24.4. The first-order valence-corrected chi connectivity index (χ1v) is 14.9. The molecule has 1 unspecified atom stereocenters. The number of fused-ring (bicyclic) bond motifs is 1. The number of morpholine rings is 1. The fourth-order valence-corrected chi connectivity index (χ4v) is 5.56. The van der Waals surface area contributed by atoms with Gasteiger partial charge in [-0.3, -0.25) is 10.3 Å². The second kappa shape index (κ2) is 13.7. The Labute approximate surface area is 252 Å². The molecule has 224 valence electrons. The number of likely N-dealkylation sites (tertiary alicyclic amines) is 1. The van der Waals surface area contributed by atoms with Crippen LogP contribution in [0.4, 0.5) is 17.5 Å². The lowest BCUT2D eigenvalue weighted by molar-refractivity contribution is 0.0322. The molecule has 4 heterocycles. The van der Waals surface area contributed by atoms with Gasteiger partial charge in [0.15, 0.2) is 17.0 Å². The van der Waals surface area contributed by atoms with Crippen molar-refractivity contribution in [3.63, 3.8) is 0 Å². The van der Waals surface area contributed by atoms with E-state index in [2.05, 4.69) is 43.7 Å². The van der Waals surface area contributed by atoms with Crippen LogP contribution in [0.2, 0.25) is 0 Å². The van der Waals surface area contributed by atoms with E-state index in [1.54, 1.807) is 6.08 Å². The third-order valence-electron chi connectivity index (χ3n) is 7.94. The second-order valence-electron chi connectivity index (χ2n) is 10.8. The maximum Gasteiger partial charge on any atom is 0.231 e. The van der Waals surface area contributed by atoms with Crippen molar-refractivity contribution in [3.8, 4) is 5.75 Å². The van der Waals surface area contributed by atoms with Crippen LogP contribution in [0.1, 0.15) is 24.4 Å². The fraction of sp³-hybridized carbons (Fsp3) is 0.375. The van der Waals surface area contributed by atoms with Crippen molar-refractivity contribution in [1.29, 1.82) is 5.41 Å². The van der Waals surface area contributed by atoms with Crippen LogP contribution in [0.25, 0.3) is 11.2 Å². The van der Waals surface area contributed by atoms with Crippen LogP contribution in [-0.4, -0.2) is 87.7 Å². The molecule has 2 saturated heterocycles. The lowest BCUT2D eigenvalue weighted by Crippen LogP contribution is -2.39. The zero-order valence-corrected chi connectivity index (χ0v) is 24.4. The molecule has 0 radical (unpaired) electrons. The summed E-state index contributed by atoms with van der Waals surface area (Å²) in [6.07, 6.45) is 5.42. The Morgan fingerprint density at radius 3 is 2.67 bits per heavy atom. The minimum Gasteiger partial charge on any atom is -0.492 e. The molecule has 1 atom stereocenters. The van der Waals surface area contributed by atoms with Crippen molar-refractivity contribution in [2.45, 2.75) is 25.4 Å². The maximum absolute atomic E-state index is 8.26. The number of ether oxygens (including phenoxy) is 2. The molecule has 0 saturated carbocycles. The van der Waals surface area contributed by atoms with Gasteiger partial charge in [-0.2, -0.15) is 9.97 Å². The molecule has 4 aromatic rings. The van der Waals surface area contributed by atoms with E-state index < -0.39 is 0 Å². The number of aromatic nitrogens is 4. The van der Waals surface area contributed by atoms with E-state index in [4.69, 9.17) is 29.8 Å². The molecule has 2 aliphatic rings. The largest absolute Gasteiger partial charge is 0.492 e. The lowest BCUT2D eigenvalue weighted by atomic mass is 10.1. The number of hydrogen-bond donors (Lipinski definition) is 3. The number of benzene rings is 2. The topological polar surface area (TPSA) is 116 Å². The number of hydrogen-bond acceptors (Lipinski definition) is 9. The highest BCUT2D eigenvalue weighted by Gasteiger charge is 2.25. The highest BCUT2D eigenvalue weighted by atomic mass is 16.5. The number of anilines is 3. The summed E-state index contributed by atoms with van der Waals surface area (Å²) in [4.78, 5) is 18.9. The van der Waals surface area contributed by atoms with E-state index in [0.717, 1.165) is 80.4 Å². The van der Waals surface area contributed by atoms with Crippen molar-refractivity contribution in [2.75, 3.05) is 63.2 Å². The molecule has 43 heavy (non-hydrogen) atoms. The zero-order chi connectivity index (χ0) is 29.4. The molecular formula is C32H39N9O2. The van der Waals surface area contributed by atoms with Gasteiger partial charge in [-0.05, 0) is 48.7 Å². The van der Waals surface area contributed by atoms with Gasteiger partial charge in [0.1, 0.15) is 18.2 Å². The first-order valence-electron chi connectivity index (χ1n) is 14.9. The van der Waals surface area contributed by atoms with Gasteiger partial charge >= 0.3 is 0 Å². The predicted octanol–water partition coefficient (Wildman–Crippen LogP) is 4.69. The SMILES string of the molecule is C=CC(=N)N1CCCC(n2cnc3c(NCc4ccccc4)nc(Nc4ccc(OCCN5CCOCC5)cc4)nc32)C1. The average molecular weight is 582 g/mol. The van der Waals surface area contributed by atoms with Gasteiger partial charge in [-0.1, -0.05) is 36.9 Å². The minimum atomic E-state index is 0.137. The van der Waals surface area contributed by atoms with E-state index in [1.165, 1.54) is 0 Å². The Hall–Kier alpha value is -4.48. The Morgan fingerprint density at radius 2 is 1.88 bits per heavy atom. The standard InChI is InChI=1S/C32H39N9O2/c1-2-28(33)40-14-6-9-26(22-40)41-23-35-29-30(34-21-24-7-4-3-5-8-24)37-32(38-31(29)41)36-25-10-12-27(13-11-25)43-20-17-39-15-18-42-19-16-39/h2-5,7-8,10-13,23,26,33H,1,6,9,14-22H2,(H2,34,36,37,38). The molecule has 2 fully saturated rings. The molecule has 0 amide bonds. The Morgan fingerprint density at radius 1 is 1.07 bits per heavy atom. The monoisotopic (exact) mass is 581 g/mol. The van der Waals surface area contributed by atoms with Crippen molar-refractivity contribution in [2.24, 2.45) is 0 Å². The summed E-state index contributed by atoms with van der Waals surface area (Å²) in [6, 6.07) is 18.2. The summed E-state index contributed by atoms with van der Waals surface area (Å²) in [7, 11) is 0. The van der Waals surface area contributed by atoms with Crippen LogP contribution in [-0.2, 0) is 11.3 Å². The Balaban J connectivity index is 1.21. The van der Waals surface area contributed by atoms with E-state index in [0.29, 0.717) is 37.3 Å². The van der Waals surface area contributed by atoms with Gasteiger partial charge < -0.3 is 29.6 Å². The number of nitrogens with one attached hydrogen (secondary N) is 3. The van der Waals surface area contributed by atoms with Crippen LogP contribution in [0.15, 0.2) is 73.6 Å². The minimum absolute atomic E-state index is 0.137. The molecule has 2 aliphatic heterocycles. The molecule has 11 heteroatoms. The molecule has 2 aromatic carbocycles. The van der Waals surface area contributed by atoms with Crippen molar-refractivity contribution < 1.29 is 9.47 Å². The van der Waals surface area contributed by atoms with Gasteiger partial charge in [0.2, 0.25) is 5.95 Å². The van der Waals surface area contributed by atoms with Gasteiger partial charge in [0, 0.05) is 45.0 Å². The Kier molecular flexibility index (Phi) is 9.10. The fourth-order valence-electron chi connectivity index (χ4n) is 5.56. The van der Waals surface area contributed by atoms with E-state index in [9.17, 15) is 0 Å². The molecule has 0 aliphatic carbocycles. The lowest BCUT2D eigenvalue weighted by Gasteiger charge is -2.34. The van der Waals surface area contributed by atoms with Gasteiger partial charge in [-0.25, -0.2) is 4.98 Å². The smallest absolute Gasteiger partial charge is 0.231 e. The van der Waals surface area contributed by atoms with Crippen molar-refractivity contribution in [3.05, 3.63) is 79.1 Å². The van der Waals surface area contributed by atoms with Crippen LogP contribution >= 0.6 is 0 Å². The highest BCUT2D eigenvalue weighted by molar-refractivity contribution is 5.89. The van der Waals surface area contributed by atoms with Gasteiger partial charge in [-0.15, -0.1) is 0 Å². The summed E-state index contributed by atoms with van der Waals surface area (Å²) in [5.41, 5.74) is 3.50. The van der Waals surface area contributed by atoms with Crippen molar-refractivity contribution in [1.82, 2.24) is 29.3 Å². The normalized spacial score (nSPS) is 17.5. The molecule has 6 rings (SSSR count). The van der Waals surface area contributed by atoms with Crippen LogP contribution in [0.5, 0.6) is 5.75 Å². The molecule has 0 bridgehead atoms. The van der Waals surface area contributed by atoms with Crippen LogP contribution < -0.4 is 15.4 Å².